The highest BCUT2D eigenvalue weighted by Crippen LogP contribution is 2.42. The fraction of sp³-hybridized carbons (Fsp3) is 0.536. The van der Waals surface area contributed by atoms with Crippen molar-refractivity contribution in [3.63, 3.8) is 0 Å². The van der Waals surface area contributed by atoms with Gasteiger partial charge >= 0.3 is 0 Å². The first-order valence-electron chi connectivity index (χ1n) is 14.3. The van der Waals surface area contributed by atoms with Crippen molar-refractivity contribution in [1.29, 1.82) is 0 Å². The number of nitrogens with zero attached hydrogens (tertiary/aromatic N) is 4. The van der Waals surface area contributed by atoms with Crippen molar-refractivity contribution >= 4 is 46.0 Å². The maximum absolute atomic E-state index is 13.6. The topological polar surface area (TPSA) is 117 Å². The summed E-state index contributed by atoms with van der Waals surface area (Å²) in [7, 11) is 0. The number of piperidine rings is 1. The first-order valence-corrected chi connectivity index (χ1v) is 14.6. The van der Waals surface area contributed by atoms with Crippen LogP contribution < -0.4 is 20.1 Å². The summed E-state index contributed by atoms with van der Waals surface area (Å²) in [6.07, 6.45) is 7.07. The second-order valence-electron chi connectivity index (χ2n) is 10.8. The van der Waals surface area contributed by atoms with E-state index in [4.69, 9.17) is 30.8 Å². The van der Waals surface area contributed by atoms with Gasteiger partial charge in [-0.1, -0.05) is 11.6 Å². The van der Waals surface area contributed by atoms with Crippen LogP contribution in [0.15, 0.2) is 18.3 Å². The van der Waals surface area contributed by atoms with Gasteiger partial charge in [0.15, 0.2) is 11.5 Å². The summed E-state index contributed by atoms with van der Waals surface area (Å²) in [5, 5.41) is 8.17. The van der Waals surface area contributed by atoms with Gasteiger partial charge in [-0.3, -0.25) is 9.69 Å². The summed E-state index contributed by atoms with van der Waals surface area (Å²) >= 11 is 6.44. The van der Waals surface area contributed by atoms with Crippen molar-refractivity contribution in [2.45, 2.75) is 44.2 Å². The molecule has 3 aromatic rings. The van der Waals surface area contributed by atoms with Crippen molar-refractivity contribution in [3.8, 4) is 11.5 Å². The lowest BCUT2D eigenvalue weighted by Crippen LogP contribution is -2.50. The molecule has 3 aliphatic heterocycles. The monoisotopic (exact) mass is 567 g/mol. The molecule has 12 heteroatoms. The van der Waals surface area contributed by atoms with Gasteiger partial charge in [0.2, 0.25) is 5.95 Å². The molecule has 1 aromatic carbocycles. The Balaban J connectivity index is 1.12. The summed E-state index contributed by atoms with van der Waals surface area (Å²) in [5.41, 5.74) is 1.80. The average Bonchev–Trinajstić information content (AvgIpc) is 3.35. The third kappa shape index (κ3) is 4.90. The highest BCUT2D eigenvalue weighted by molar-refractivity contribution is 6.36. The summed E-state index contributed by atoms with van der Waals surface area (Å²) in [6.45, 7) is 5.74. The van der Waals surface area contributed by atoms with E-state index in [9.17, 15) is 4.79 Å². The smallest absolute Gasteiger partial charge is 0.257 e. The highest BCUT2D eigenvalue weighted by Gasteiger charge is 2.32. The predicted octanol–water partition coefficient (Wildman–Crippen LogP) is 4.03. The van der Waals surface area contributed by atoms with Gasteiger partial charge in [-0.05, 0) is 44.2 Å². The third-order valence-corrected chi connectivity index (χ3v) is 8.71. The summed E-state index contributed by atoms with van der Waals surface area (Å²) in [5.74, 6) is 2.03. The molecule has 1 saturated carbocycles. The number of fused-ring (bicyclic) bond motifs is 2. The number of carbonyl (C=O) groups is 1. The van der Waals surface area contributed by atoms with E-state index in [1.165, 1.54) is 6.42 Å². The second-order valence-corrected chi connectivity index (χ2v) is 11.2. The first-order chi connectivity index (χ1) is 19.6. The maximum Gasteiger partial charge on any atom is 0.257 e. The third-order valence-electron chi connectivity index (χ3n) is 8.41. The van der Waals surface area contributed by atoms with Gasteiger partial charge in [-0.25, -0.2) is 0 Å². The first kappa shape index (κ1) is 25.7. The van der Waals surface area contributed by atoms with Gasteiger partial charge < -0.3 is 34.7 Å². The van der Waals surface area contributed by atoms with Gasteiger partial charge in [-0.2, -0.15) is 9.97 Å². The number of aromatic amines is 1. The number of carbonyl (C=O) groups excluding carboxylic acids is 1. The number of likely N-dealkylation sites (tertiary alicyclic amines) is 1. The molecule has 3 N–H and O–H groups in total. The van der Waals surface area contributed by atoms with E-state index in [-0.39, 0.29) is 5.91 Å². The minimum Gasteiger partial charge on any atom is -0.485 e. The highest BCUT2D eigenvalue weighted by atomic mass is 35.5. The van der Waals surface area contributed by atoms with E-state index in [2.05, 4.69) is 25.5 Å². The molecule has 40 heavy (non-hydrogen) atoms. The van der Waals surface area contributed by atoms with Crippen LogP contribution in [0.4, 0.5) is 17.5 Å². The van der Waals surface area contributed by atoms with Crippen molar-refractivity contribution < 1.29 is 19.0 Å². The van der Waals surface area contributed by atoms with Crippen LogP contribution in [0.3, 0.4) is 0 Å². The molecular formula is C28H34ClN7O4. The zero-order chi connectivity index (χ0) is 27.1. The van der Waals surface area contributed by atoms with Crippen LogP contribution in [0.1, 0.15) is 42.5 Å². The van der Waals surface area contributed by atoms with E-state index >= 15 is 0 Å². The quantitative estimate of drug-likeness (QED) is 0.406. The average molecular weight is 568 g/mol. The molecule has 5 heterocycles. The summed E-state index contributed by atoms with van der Waals surface area (Å²) in [4.78, 5) is 30.6. The Labute approximate surface area is 237 Å². The van der Waals surface area contributed by atoms with Gasteiger partial charge in [-0.15, -0.1) is 0 Å². The number of benzene rings is 1. The molecule has 212 valence electrons. The molecular weight excluding hydrogens is 534 g/mol. The number of nitrogens with one attached hydrogen (secondary N) is 3. The molecule has 0 unspecified atom stereocenters. The van der Waals surface area contributed by atoms with E-state index < -0.39 is 0 Å². The molecule has 11 nitrogen and oxygen atoms in total. The number of rotatable bonds is 6. The van der Waals surface area contributed by atoms with Gasteiger partial charge in [0, 0.05) is 44.5 Å². The van der Waals surface area contributed by atoms with Crippen LogP contribution in [-0.4, -0.2) is 95.3 Å². The van der Waals surface area contributed by atoms with E-state index in [1.807, 2.05) is 17.0 Å². The second kappa shape index (κ2) is 10.9. The van der Waals surface area contributed by atoms with Gasteiger partial charge in [0.25, 0.3) is 5.91 Å². The van der Waals surface area contributed by atoms with Crippen LogP contribution in [0.2, 0.25) is 5.02 Å². The predicted molar refractivity (Wildman–Crippen MR) is 152 cm³/mol. The molecule has 0 bridgehead atoms. The number of aromatic nitrogens is 3. The Kier molecular flexibility index (Phi) is 7.03. The Bertz CT molecular complexity index is 1400. The summed E-state index contributed by atoms with van der Waals surface area (Å²) in [6, 6.07) is 4.54. The molecule has 2 aromatic heterocycles. The molecule has 0 radical (unpaired) electrons. The van der Waals surface area contributed by atoms with Crippen molar-refractivity contribution in [2.24, 2.45) is 0 Å². The minimum atomic E-state index is -0.0283. The van der Waals surface area contributed by atoms with E-state index in [1.54, 1.807) is 6.20 Å². The molecule has 0 spiro atoms. The fourth-order valence-corrected chi connectivity index (χ4v) is 6.21. The van der Waals surface area contributed by atoms with Crippen molar-refractivity contribution in [2.75, 3.05) is 63.2 Å². The number of anilines is 3. The van der Waals surface area contributed by atoms with Crippen LogP contribution >= 0.6 is 11.6 Å². The minimum absolute atomic E-state index is 0.0283. The lowest BCUT2D eigenvalue weighted by molar-refractivity contribution is 0.00152. The molecule has 2 saturated heterocycles. The lowest BCUT2D eigenvalue weighted by Gasteiger charge is -2.40. The Morgan fingerprint density at radius 2 is 1.75 bits per heavy atom. The molecule has 0 atom stereocenters. The number of hydrogen-bond donors (Lipinski definition) is 3. The number of amides is 1. The molecule has 4 aliphatic rings. The molecule has 7 rings (SSSR count). The lowest BCUT2D eigenvalue weighted by atomic mass is 9.93. The number of ether oxygens (including phenoxy) is 3. The fourth-order valence-electron chi connectivity index (χ4n) is 5.97. The largest absolute Gasteiger partial charge is 0.485 e. The number of hydrogen-bond acceptors (Lipinski definition) is 9. The summed E-state index contributed by atoms with van der Waals surface area (Å²) < 4.78 is 17.6. The zero-order valence-electron chi connectivity index (χ0n) is 22.4. The van der Waals surface area contributed by atoms with Crippen LogP contribution in [0.5, 0.6) is 11.5 Å². The van der Waals surface area contributed by atoms with Crippen molar-refractivity contribution in [3.05, 3.63) is 28.9 Å². The van der Waals surface area contributed by atoms with E-state index in [0.29, 0.717) is 70.5 Å². The molecule has 3 fully saturated rings. The van der Waals surface area contributed by atoms with Crippen molar-refractivity contribution in [1.82, 2.24) is 24.8 Å². The van der Waals surface area contributed by atoms with Gasteiger partial charge in [0.05, 0.1) is 34.9 Å². The number of halogens is 1. The van der Waals surface area contributed by atoms with Crippen LogP contribution in [0, 0.1) is 0 Å². The number of morpholine rings is 1. The van der Waals surface area contributed by atoms with Crippen LogP contribution in [-0.2, 0) is 4.74 Å². The maximum atomic E-state index is 13.6. The zero-order valence-corrected chi connectivity index (χ0v) is 23.1. The Morgan fingerprint density at radius 3 is 2.50 bits per heavy atom. The van der Waals surface area contributed by atoms with E-state index in [0.717, 1.165) is 70.5 Å². The SMILES string of the molecule is O=C(c1ccc(Nc2nc(NC3CCC3)c3c(Cl)c[nH]c3n2)c2c1OCCO2)N1CCC(N2CCOCC2)CC1. The van der Waals surface area contributed by atoms with Gasteiger partial charge in [0.1, 0.15) is 24.7 Å². The standard InChI is InChI=1S/C28H34ClN7O4/c29-20-16-30-25-22(20)26(31-17-2-1-3-17)34-28(33-25)32-21-5-4-19(23-24(21)40-15-14-39-23)27(37)36-8-6-18(7-9-36)35-10-12-38-13-11-35/h4-5,16-18H,1-3,6-15H2,(H3,30,31,32,33,34). The normalized spacial score (nSPS) is 20.4. The molecule has 1 amide bonds. The molecule has 1 aliphatic carbocycles. The Morgan fingerprint density at radius 1 is 0.975 bits per heavy atom. The van der Waals surface area contributed by atoms with Crippen LogP contribution in [0.25, 0.3) is 11.0 Å². The Hall–Kier alpha value is -3.28. The number of H-pyrrole nitrogens is 1.